The monoisotopic (exact) mass is 220 g/mol. The molecule has 1 unspecified atom stereocenters. The quantitative estimate of drug-likeness (QED) is 0.857. The van der Waals surface area contributed by atoms with Crippen LogP contribution in [0.3, 0.4) is 0 Å². The maximum Gasteiger partial charge on any atom is 0.123 e. The van der Waals surface area contributed by atoms with Gasteiger partial charge in [0, 0.05) is 25.9 Å². The molecule has 16 heavy (non-hydrogen) atoms. The highest BCUT2D eigenvalue weighted by molar-refractivity contribution is 5.19. The van der Waals surface area contributed by atoms with E-state index in [1.54, 1.807) is 18.3 Å². The molecule has 0 aliphatic rings. The predicted octanol–water partition coefficient (Wildman–Crippen LogP) is 1.84. The van der Waals surface area contributed by atoms with Gasteiger partial charge in [-0.25, -0.2) is 9.37 Å². The normalized spacial score (nSPS) is 12.7. The van der Waals surface area contributed by atoms with Crippen LogP contribution < -0.4 is 0 Å². The first-order chi connectivity index (χ1) is 7.66. The third-order valence-electron chi connectivity index (χ3n) is 2.53. The largest absolute Gasteiger partial charge is 0.388 e. The lowest BCUT2D eigenvalue weighted by atomic mass is 10.1. The second-order valence-corrected chi connectivity index (χ2v) is 3.73. The number of hydrogen-bond acceptors (Lipinski definition) is 2. The van der Waals surface area contributed by atoms with Crippen LogP contribution in [0.2, 0.25) is 0 Å². The van der Waals surface area contributed by atoms with Crippen molar-refractivity contribution in [2.24, 2.45) is 7.05 Å². The molecule has 0 saturated heterocycles. The Morgan fingerprint density at radius 2 is 2.31 bits per heavy atom. The Bertz CT molecular complexity index is 481. The van der Waals surface area contributed by atoms with E-state index in [1.807, 2.05) is 17.8 Å². The molecule has 0 aliphatic carbocycles. The van der Waals surface area contributed by atoms with Crippen molar-refractivity contribution in [1.29, 1.82) is 0 Å². The Morgan fingerprint density at radius 1 is 1.50 bits per heavy atom. The summed E-state index contributed by atoms with van der Waals surface area (Å²) in [6.07, 6.45) is 3.14. The van der Waals surface area contributed by atoms with Gasteiger partial charge in [-0.05, 0) is 17.7 Å². The fourth-order valence-electron chi connectivity index (χ4n) is 1.60. The zero-order valence-corrected chi connectivity index (χ0v) is 8.97. The van der Waals surface area contributed by atoms with E-state index in [1.165, 1.54) is 12.1 Å². The molecule has 4 heteroatoms. The number of imidazole rings is 1. The van der Waals surface area contributed by atoms with E-state index in [9.17, 15) is 9.50 Å². The summed E-state index contributed by atoms with van der Waals surface area (Å²) in [6.45, 7) is 0. The van der Waals surface area contributed by atoms with E-state index < -0.39 is 6.10 Å². The van der Waals surface area contributed by atoms with E-state index in [2.05, 4.69) is 4.98 Å². The molecule has 0 radical (unpaired) electrons. The lowest BCUT2D eigenvalue weighted by Gasteiger charge is -2.10. The number of nitrogens with zero attached hydrogens (tertiary/aromatic N) is 2. The number of aromatic nitrogens is 2. The Morgan fingerprint density at radius 3 is 2.94 bits per heavy atom. The van der Waals surface area contributed by atoms with Crippen LogP contribution in [-0.4, -0.2) is 14.7 Å². The minimum absolute atomic E-state index is 0.337. The molecule has 1 atom stereocenters. The first kappa shape index (κ1) is 10.8. The van der Waals surface area contributed by atoms with Crippen molar-refractivity contribution < 1.29 is 9.50 Å². The third-order valence-corrected chi connectivity index (χ3v) is 2.53. The molecule has 1 aromatic heterocycles. The average Bonchev–Trinajstić information content (AvgIpc) is 2.64. The van der Waals surface area contributed by atoms with Gasteiger partial charge in [0.2, 0.25) is 0 Å². The first-order valence-corrected chi connectivity index (χ1v) is 5.06. The van der Waals surface area contributed by atoms with Crippen molar-refractivity contribution in [3.05, 3.63) is 53.9 Å². The van der Waals surface area contributed by atoms with Crippen molar-refractivity contribution >= 4 is 0 Å². The van der Waals surface area contributed by atoms with Crippen molar-refractivity contribution in [1.82, 2.24) is 9.55 Å². The summed E-state index contributed by atoms with van der Waals surface area (Å²) in [6, 6.07) is 5.99. The summed E-state index contributed by atoms with van der Waals surface area (Å²) < 4.78 is 14.8. The van der Waals surface area contributed by atoms with Gasteiger partial charge in [-0.2, -0.15) is 0 Å². The number of benzene rings is 1. The van der Waals surface area contributed by atoms with Crippen molar-refractivity contribution in [2.45, 2.75) is 12.5 Å². The van der Waals surface area contributed by atoms with Gasteiger partial charge in [-0.3, -0.25) is 0 Å². The highest BCUT2D eigenvalue weighted by Crippen LogP contribution is 2.17. The fourth-order valence-corrected chi connectivity index (χ4v) is 1.60. The molecule has 0 saturated carbocycles. The highest BCUT2D eigenvalue weighted by atomic mass is 19.1. The van der Waals surface area contributed by atoms with Gasteiger partial charge in [-0.1, -0.05) is 12.1 Å². The molecule has 3 nitrogen and oxygen atoms in total. The SMILES string of the molecule is Cn1ccnc1CC(O)c1cccc(F)c1. The number of aryl methyl sites for hydroxylation is 1. The van der Waals surface area contributed by atoms with Gasteiger partial charge >= 0.3 is 0 Å². The van der Waals surface area contributed by atoms with Gasteiger partial charge in [-0.15, -0.1) is 0 Å². The molecule has 84 valence electrons. The van der Waals surface area contributed by atoms with Crippen molar-refractivity contribution in [3.63, 3.8) is 0 Å². The van der Waals surface area contributed by atoms with Gasteiger partial charge in [0.05, 0.1) is 6.10 Å². The number of aliphatic hydroxyl groups is 1. The van der Waals surface area contributed by atoms with Crippen LogP contribution in [0.25, 0.3) is 0 Å². The Labute approximate surface area is 93.2 Å². The minimum Gasteiger partial charge on any atom is -0.388 e. The van der Waals surface area contributed by atoms with Crippen molar-refractivity contribution in [2.75, 3.05) is 0 Å². The molecule has 1 heterocycles. The summed E-state index contributed by atoms with van der Waals surface area (Å²) in [5.74, 6) is 0.438. The van der Waals surface area contributed by atoms with Crippen LogP contribution >= 0.6 is 0 Å². The number of halogens is 1. The summed E-state index contributed by atoms with van der Waals surface area (Å²) in [5, 5.41) is 9.92. The Kier molecular flexibility index (Phi) is 3.01. The topological polar surface area (TPSA) is 38.0 Å². The van der Waals surface area contributed by atoms with Crippen LogP contribution in [0.5, 0.6) is 0 Å². The lowest BCUT2D eigenvalue weighted by Crippen LogP contribution is -2.06. The molecule has 2 aromatic rings. The fraction of sp³-hybridized carbons (Fsp3) is 0.250. The minimum atomic E-state index is -0.725. The maximum absolute atomic E-state index is 13.0. The van der Waals surface area contributed by atoms with Gasteiger partial charge in [0.15, 0.2) is 0 Å². The number of rotatable bonds is 3. The molecule has 0 spiro atoms. The predicted molar refractivity (Wildman–Crippen MR) is 58.3 cm³/mol. The highest BCUT2D eigenvalue weighted by Gasteiger charge is 2.11. The average molecular weight is 220 g/mol. The molecule has 0 amide bonds. The summed E-state index contributed by atoms with van der Waals surface area (Å²) in [4.78, 5) is 4.11. The van der Waals surface area contributed by atoms with Gasteiger partial charge < -0.3 is 9.67 Å². The molecule has 0 bridgehead atoms. The Balaban J connectivity index is 2.14. The molecule has 1 N–H and O–H groups in total. The van der Waals surface area contributed by atoms with E-state index in [0.29, 0.717) is 12.0 Å². The molecule has 2 rings (SSSR count). The standard InChI is InChI=1S/C12H13FN2O/c1-15-6-5-14-12(15)8-11(16)9-3-2-4-10(13)7-9/h2-7,11,16H,8H2,1H3. The second-order valence-electron chi connectivity index (χ2n) is 3.73. The van der Waals surface area contributed by atoms with E-state index in [-0.39, 0.29) is 5.82 Å². The van der Waals surface area contributed by atoms with Crippen molar-refractivity contribution in [3.8, 4) is 0 Å². The number of aliphatic hydroxyl groups excluding tert-OH is 1. The first-order valence-electron chi connectivity index (χ1n) is 5.06. The summed E-state index contributed by atoms with van der Waals surface area (Å²) in [7, 11) is 1.86. The second kappa shape index (κ2) is 4.45. The van der Waals surface area contributed by atoms with Crippen LogP contribution in [-0.2, 0) is 13.5 Å². The van der Waals surface area contributed by atoms with E-state index in [4.69, 9.17) is 0 Å². The third kappa shape index (κ3) is 2.28. The molecular weight excluding hydrogens is 207 g/mol. The molecule has 0 aliphatic heterocycles. The zero-order chi connectivity index (χ0) is 11.5. The summed E-state index contributed by atoms with van der Waals surface area (Å²) >= 11 is 0. The van der Waals surface area contributed by atoms with E-state index >= 15 is 0 Å². The lowest BCUT2D eigenvalue weighted by molar-refractivity contribution is 0.174. The maximum atomic E-state index is 13.0. The van der Waals surface area contributed by atoms with Gasteiger partial charge in [0.25, 0.3) is 0 Å². The molecule has 0 fully saturated rings. The smallest absolute Gasteiger partial charge is 0.123 e. The summed E-state index contributed by atoms with van der Waals surface area (Å²) in [5.41, 5.74) is 0.572. The molecular formula is C12H13FN2O. The number of hydrogen-bond donors (Lipinski definition) is 1. The van der Waals surface area contributed by atoms with Crippen LogP contribution in [0.1, 0.15) is 17.5 Å². The van der Waals surface area contributed by atoms with E-state index in [0.717, 1.165) is 5.82 Å². The zero-order valence-electron chi connectivity index (χ0n) is 8.97. The van der Waals surface area contributed by atoms with Crippen LogP contribution in [0.15, 0.2) is 36.7 Å². The van der Waals surface area contributed by atoms with Gasteiger partial charge in [0.1, 0.15) is 11.6 Å². The van der Waals surface area contributed by atoms with Crippen LogP contribution in [0, 0.1) is 5.82 Å². The van der Waals surface area contributed by atoms with Crippen LogP contribution in [0.4, 0.5) is 4.39 Å². The Hall–Kier alpha value is -1.68. The molecule has 1 aromatic carbocycles.